The Labute approximate surface area is 192 Å². The van der Waals surface area contributed by atoms with Crippen molar-refractivity contribution in [3.05, 3.63) is 59.2 Å². The molecule has 0 heterocycles. The highest BCUT2D eigenvalue weighted by molar-refractivity contribution is 5.91. The highest BCUT2D eigenvalue weighted by Crippen LogP contribution is 2.32. The third-order valence-corrected chi connectivity index (χ3v) is 6.25. The Balaban J connectivity index is 1.47. The van der Waals surface area contributed by atoms with E-state index < -0.39 is 40.6 Å². The largest absolute Gasteiger partial charge is 0.493 e. The molecular weight excluding hydrogens is 436 g/mol. The first kappa shape index (κ1) is 25.1. The molecule has 1 saturated carbocycles. The summed E-state index contributed by atoms with van der Waals surface area (Å²) in [6.45, 7) is 2.70. The molecule has 0 radical (unpaired) electrons. The number of rotatable bonds is 10. The molecule has 0 saturated heterocycles. The lowest BCUT2D eigenvalue weighted by Crippen LogP contribution is -2.20. The van der Waals surface area contributed by atoms with Crippen LogP contribution < -0.4 is 9.47 Å². The maximum atomic E-state index is 14.4. The average Bonchev–Trinajstić information content (AvgIpc) is 2.79. The van der Waals surface area contributed by atoms with Crippen LogP contribution in [0.5, 0.6) is 11.5 Å². The van der Waals surface area contributed by atoms with Crippen molar-refractivity contribution in [3.8, 4) is 11.5 Å². The molecule has 33 heavy (non-hydrogen) atoms. The molecular formula is C26H30F4O3. The molecule has 2 aromatic carbocycles. The second kappa shape index (κ2) is 12.1. The first-order chi connectivity index (χ1) is 15.9. The monoisotopic (exact) mass is 466 g/mol. The number of hydrogen-bond acceptors (Lipinski definition) is 3. The summed E-state index contributed by atoms with van der Waals surface area (Å²) < 4.78 is 64.5. The van der Waals surface area contributed by atoms with E-state index in [0.29, 0.717) is 30.4 Å². The Bertz CT molecular complexity index is 916. The minimum atomic E-state index is -1.68. The number of benzene rings is 2. The van der Waals surface area contributed by atoms with E-state index in [-0.39, 0.29) is 0 Å². The van der Waals surface area contributed by atoms with Gasteiger partial charge in [0.25, 0.3) is 0 Å². The number of carbonyl (C=O) groups excluding carboxylic acids is 1. The van der Waals surface area contributed by atoms with Crippen molar-refractivity contribution < 1.29 is 31.8 Å². The Kier molecular flexibility index (Phi) is 9.15. The van der Waals surface area contributed by atoms with E-state index in [1.165, 1.54) is 57.1 Å². The lowest BCUT2D eigenvalue weighted by atomic mass is 9.80. The van der Waals surface area contributed by atoms with E-state index in [1.807, 2.05) is 0 Å². The van der Waals surface area contributed by atoms with Crippen LogP contribution in [0.1, 0.15) is 75.1 Å². The number of ether oxygens (including phenoxy) is 2. The zero-order valence-corrected chi connectivity index (χ0v) is 18.8. The van der Waals surface area contributed by atoms with Crippen LogP contribution in [-0.2, 0) is 0 Å². The summed E-state index contributed by atoms with van der Waals surface area (Å²) in [5.41, 5.74) is -0.420. The molecule has 0 N–H and O–H groups in total. The molecule has 0 aliphatic heterocycles. The normalized spacial score (nSPS) is 18.2. The van der Waals surface area contributed by atoms with Crippen molar-refractivity contribution in [1.82, 2.24) is 0 Å². The fraction of sp³-hybridized carbons (Fsp3) is 0.500. The van der Waals surface area contributed by atoms with E-state index in [4.69, 9.17) is 9.47 Å². The zero-order valence-electron chi connectivity index (χ0n) is 18.8. The molecule has 0 amide bonds. The van der Waals surface area contributed by atoms with Gasteiger partial charge in [0.1, 0.15) is 17.3 Å². The molecule has 0 spiro atoms. The molecule has 1 aliphatic carbocycles. The van der Waals surface area contributed by atoms with Gasteiger partial charge in [0.2, 0.25) is 0 Å². The molecule has 7 heteroatoms. The molecule has 1 aliphatic rings. The van der Waals surface area contributed by atoms with Gasteiger partial charge < -0.3 is 9.47 Å². The number of esters is 1. The summed E-state index contributed by atoms with van der Waals surface area (Å²) >= 11 is 0. The second-order valence-electron chi connectivity index (χ2n) is 8.78. The second-order valence-corrected chi connectivity index (χ2v) is 8.78. The Morgan fingerprint density at radius 2 is 1.48 bits per heavy atom. The van der Waals surface area contributed by atoms with Gasteiger partial charge in [-0.05, 0) is 36.8 Å². The van der Waals surface area contributed by atoms with Crippen LogP contribution >= 0.6 is 0 Å². The van der Waals surface area contributed by atoms with E-state index >= 15 is 0 Å². The Hall–Kier alpha value is -2.57. The molecule has 0 unspecified atom stereocenters. The first-order valence-corrected chi connectivity index (χ1v) is 11.7. The molecule has 0 atom stereocenters. The smallest absolute Gasteiger partial charge is 0.346 e. The summed E-state index contributed by atoms with van der Waals surface area (Å²) in [6.07, 6.45) is 11.1. The van der Waals surface area contributed by atoms with Gasteiger partial charge in [-0.3, -0.25) is 0 Å². The maximum Gasteiger partial charge on any atom is 0.346 e. The van der Waals surface area contributed by atoms with Crippen molar-refractivity contribution in [2.45, 2.75) is 64.7 Å². The van der Waals surface area contributed by atoms with Crippen molar-refractivity contribution >= 4 is 5.97 Å². The number of carbonyl (C=O) groups is 1. The highest BCUT2D eigenvalue weighted by Gasteiger charge is 2.22. The summed E-state index contributed by atoms with van der Waals surface area (Å²) in [4.78, 5) is 12.2. The number of unbranched alkanes of at least 4 members (excludes halogenated alkanes) is 3. The minimum Gasteiger partial charge on any atom is -0.493 e. The summed E-state index contributed by atoms with van der Waals surface area (Å²) in [7, 11) is 0. The number of hydrogen-bond donors (Lipinski definition) is 0. The summed E-state index contributed by atoms with van der Waals surface area (Å²) in [6, 6.07) is 4.76. The molecule has 1 fully saturated rings. The van der Waals surface area contributed by atoms with Crippen LogP contribution in [-0.4, -0.2) is 12.6 Å². The predicted octanol–water partition coefficient (Wildman–Crippen LogP) is 7.62. The first-order valence-electron chi connectivity index (χ1n) is 11.7. The number of halogens is 4. The van der Waals surface area contributed by atoms with Gasteiger partial charge in [-0.2, -0.15) is 0 Å². The zero-order chi connectivity index (χ0) is 23.8. The molecule has 0 aromatic heterocycles. The predicted molar refractivity (Wildman–Crippen MR) is 117 cm³/mol. The van der Waals surface area contributed by atoms with Crippen molar-refractivity contribution in [2.24, 2.45) is 11.8 Å². The third kappa shape index (κ3) is 7.21. The molecule has 3 rings (SSSR count). The maximum absolute atomic E-state index is 14.4. The Morgan fingerprint density at radius 1 is 0.848 bits per heavy atom. The Morgan fingerprint density at radius 3 is 2.12 bits per heavy atom. The van der Waals surface area contributed by atoms with Crippen molar-refractivity contribution in [3.63, 3.8) is 0 Å². The quantitative estimate of drug-likeness (QED) is 0.119. The van der Waals surface area contributed by atoms with Gasteiger partial charge in [-0.1, -0.05) is 51.9 Å². The summed E-state index contributed by atoms with van der Waals surface area (Å²) in [5, 5.41) is 0. The van der Waals surface area contributed by atoms with Gasteiger partial charge in [0.15, 0.2) is 17.5 Å². The topological polar surface area (TPSA) is 35.5 Å². The highest BCUT2D eigenvalue weighted by atomic mass is 19.2. The van der Waals surface area contributed by atoms with Gasteiger partial charge in [-0.15, -0.1) is 0 Å². The van der Waals surface area contributed by atoms with Gasteiger partial charge >= 0.3 is 5.97 Å². The van der Waals surface area contributed by atoms with E-state index in [2.05, 4.69) is 6.92 Å². The molecule has 0 bridgehead atoms. The lowest BCUT2D eigenvalue weighted by molar-refractivity contribution is 0.0728. The summed E-state index contributed by atoms with van der Waals surface area (Å²) in [5.74, 6) is -5.76. The van der Waals surface area contributed by atoms with Crippen LogP contribution in [0.25, 0.3) is 0 Å². The lowest BCUT2D eigenvalue weighted by Gasteiger charge is -2.28. The van der Waals surface area contributed by atoms with Gasteiger partial charge in [0.05, 0.1) is 12.2 Å². The van der Waals surface area contributed by atoms with Crippen molar-refractivity contribution in [2.75, 3.05) is 6.61 Å². The standard InChI is InChI=1S/C26H30F4O3/c1-2-3-4-5-6-17-7-9-18(10-8-17)16-32-19-11-12-21(22(27)13-19)26(31)33-20-14-23(28)25(30)24(29)15-20/h11-15,17-18H,2-10,16H2,1H3. The van der Waals surface area contributed by atoms with E-state index in [0.717, 1.165) is 24.8 Å². The van der Waals surface area contributed by atoms with Crippen LogP contribution in [0.4, 0.5) is 17.6 Å². The minimum absolute atomic E-state index is 0.296. The molecule has 2 aromatic rings. The van der Waals surface area contributed by atoms with Gasteiger partial charge in [-0.25, -0.2) is 22.4 Å². The SMILES string of the molecule is CCCCCCC1CCC(COc2ccc(C(=O)Oc3cc(F)c(F)c(F)c3)c(F)c2)CC1. The van der Waals surface area contributed by atoms with Crippen LogP contribution in [0, 0.1) is 35.1 Å². The third-order valence-electron chi connectivity index (χ3n) is 6.25. The average molecular weight is 467 g/mol. The van der Waals surface area contributed by atoms with Crippen LogP contribution in [0.15, 0.2) is 30.3 Å². The fourth-order valence-corrected chi connectivity index (χ4v) is 4.27. The molecule has 180 valence electrons. The fourth-order valence-electron chi connectivity index (χ4n) is 4.27. The van der Waals surface area contributed by atoms with Gasteiger partial charge in [0, 0.05) is 18.2 Å². The van der Waals surface area contributed by atoms with Crippen LogP contribution in [0.3, 0.4) is 0 Å². The van der Waals surface area contributed by atoms with E-state index in [1.54, 1.807) is 0 Å². The van der Waals surface area contributed by atoms with Crippen LogP contribution in [0.2, 0.25) is 0 Å². The van der Waals surface area contributed by atoms with E-state index in [9.17, 15) is 22.4 Å². The molecule has 3 nitrogen and oxygen atoms in total. The van der Waals surface area contributed by atoms with Crippen molar-refractivity contribution in [1.29, 1.82) is 0 Å².